The molecule has 0 bridgehead atoms. The van der Waals surface area contributed by atoms with Crippen LogP contribution < -0.4 is 5.48 Å². The Morgan fingerprint density at radius 2 is 2.37 bits per heavy atom. The summed E-state index contributed by atoms with van der Waals surface area (Å²) in [5.74, 6) is 0. The van der Waals surface area contributed by atoms with Crippen LogP contribution in [-0.4, -0.2) is 40.6 Å². The minimum atomic E-state index is -4.71. The average molecular weight is 308 g/mol. The maximum atomic E-state index is 11.8. The zero-order valence-corrected chi connectivity index (χ0v) is 11.4. The highest BCUT2D eigenvalue weighted by atomic mass is 32.3. The summed E-state index contributed by atoms with van der Waals surface area (Å²) in [5.41, 5.74) is 3.25. The number of amides is 2. The molecule has 2 heterocycles. The molecule has 1 fully saturated rings. The predicted octanol–water partition coefficient (Wildman–Crippen LogP) is 0.509. The van der Waals surface area contributed by atoms with Gasteiger partial charge in [-0.3, -0.25) is 4.55 Å². The summed E-state index contributed by atoms with van der Waals surface area (Å²) < 4.78 is 33.1. The van der Waals surface area contributed by atoms with E-state index in [0.717, 1.165) is 12.8 Å². The van der Waals surface area contributed by atoms with Crippen LogP contribution in [0.5, 0.6) is 0 Å². The molecule has 1 aromatic rings. The van der Waals surface area contributed by atoms with Crippen LogP contribution >= 0.6 is 11.3 Å². The van der Waals surface area contributed by atoms with Crippen molar-refractivity contribution in [3.63, 3.8) is 0 Å². The first-order valence-electron chi connectivity index (χ1n) is 5.46. The number of piperidine rings is 1. The third-order valence-electron chi connectivity index (χ3n) is 2.66. The van der Waals surface area contributed by atoms with E-state index in [2.05, 4.69) is 14.5 Å². The molecule has 1 aliphatic heterocycles. The van der Waals surface area contributed by atoms with Crippen molar-refractivity contribution < 1.29 is 22.0 Å². The molecule has 0 spiro atoms. The number of hydroxylamine groups is 1. The first kappa shape index (κ1) is 14.1. The molecule has 2 amide bonds. The van der Waals surface area contributed by atoms with Crippen LogP contribution in [0.25, 0.3) is 0 Å². The van der Waals surface area contributed by atoms with Crippen molar-refractivity contribution in [3.05, 3.63) is 10.5 Å². The number of nitrogens with zero attached hydrogens (tertiary/aromatic N) is 3. The van der Waals surface area contributed by atoms with E-state index in [0.29, 0.717) is 18.0 Å². The van der Waals surface area contributed by atoms with E-state index in [1.165, 1.54) is 16.2 Å². The molecule has 2 N–H and O–H groups in total. The predicted molar refractivity (Wildman–Crippen MR) is 64.4 cm³/mol. The van der Waals surface area contributed by atoms with E-state index in [1.54, 1.807) is 11.0 Å². The molecule has 1 aliphatic rings. The Labute approximate surface area is 113 Å². The van der Waals surface area contributed by atoms with Gasteiger partial charge >= 0.3 is 16.4 Å². The SMILES string of the molecule is O=C(NOS(=O)(=O)O)N1CCCCC1c1nncs1. The number of urea groups is 1. The lowest BCUT2D eigenvalue weighted by Gasteiger charge is -2.33. The van der Waals surface area contributed by atoms with Crippen molar-refractivity contribution in [3.8, 4) is 0 Å². The minimum Gasteiger partial charge on any atom is -0.313 e. The molecule has 1 unspecified atom stereocenters. The Balaban J connectivity index is 2.05. The highest BCUT2D eigenvalue weighted by Gasteiger charge is 2.30. The highest BCUT2D eigenvalue weighted by molar-refractivity contribution is 7.80. The summed E-state index contributed by atoms with van der Waals surface area (Å²) in [4.78, 5) is 13.2. The third kappa shape index (κ3) is 3.83. The smallest absolute Gasteiger partial charge is 0.313 e. The largest absolute Gasteiger partial charge is 0.418 e. The fourth-order valence-corrected chi connectivity index (χ4v) is 2.78. The number of aromatic nitrogens is 2. The Hall–Kier alpha value is -1.30. The van der Waals surface area contributed by atoms with E-state index >= 15 is 0 Å². The zero-order valence-electron chi connectivity index (χ0n) is 9.72. The van der Waals surface area contributed by atoms with Crippen molar-refractivity contribution in [2.45, 2.75) is 25.3 Å². The molecular formula is C8H12N4O5S2. The van der Waals surface area contributed by atoms with Gasteiger partial charge < -0.3 is 4.90 Å². The Bertz CT molecular complexity index is 531. The quantitative estimate of drug-likeness (QED) is 0.616. The molecule has 106 valence electrons. The Morgan fingerprint density at radius 1 is 1.58 bits per heavy atom. The minimum absolute atomic E-state index is 0.258. The van der Waals surface area contributed by atoms with E-state index in [4.69, 9.17) is 4.55 Å². The summed E-state index contributed by atoms with van der Waals surface area (Å²) >= 11 is 1.32. The summed E-state index contributed by atoms with van der Waals surface area (Å²) in [5, 5.41) is 8.32. The van der Waals surface area contributed by atoms with Crippen LogP contribution in [0.4, 0.5) is 4.79 Å². The van der Waals surface area contributed by atoms with Gasteiger partial charge in [-0.05, 0) is 19.3 Å². The monoisotopic (exact) mass is 308 g/mol. The number of hydrogen-bond donors (Lipinski definition) is 2. The van der Waals surface area contributed by atoms with Crippen LogP contribution in [0, 0.1) is 0 Å². The maximum Gasteiger partial charge on any atom is 0.418 e. The second-order valence-corrected chi connectivity index (χ2v) is 5.79. The van der Waals surface area contributed by atoms with Crippen LogP contribution in [0.2, 0.25) is 0 Å². The molecular weight excluding hydrogens is 296 g/mol. The standard InChI is InChI=1S/C8H12N4O5S2/c13-8(11-17-19(14,15)16)12-4-2-1-3-6(12)7-10-9-5-18-7/h5-6H,1-4H2,(H,11,13)(H,14,15,16). The Morgan fingerprint density at radius 3 is 3.00 bits per heavy atom. The van der Waals surface area contributed by atoms with Gasteiger partial charge in [0, 0.05) is 6.54 Å². The maximum absolute atomic E-state index is 11.8. The first-order chi connectivity index (χ1) is 8.97. The van der Waals surface area contributed by atoms with Crippen molar-refractivity contribution in [2.24, 2.45) is 0 Å². The van der Waals surface area contributed by atoms with E-state index in [-0.39, 0.29) is 6.04 Å². The van der Waals surface area contributed by atoms with Gasteiger partial charge in [-0.1, -0.05) is 0 Å². The number of nitrogens with one attached hydrogen (secondary N) is 1. The molecule has 1 aromatic heterocycles. The van der Waals surface area contributed by atoms with Crippen molar-refractivity contribution >= 4 is 27.8 Å². The van der Waals surface area contributed by atoms with Gasteiger partial charge in [0.25, 0.3) is 0 Å². The topological polar surface area (TPSA) is 122 Å². The van der Waals surface area contributed by atoms with E-state index < -0.39 is 16.4 Å². The van der Waals surface area contributed by atoms with Crippen LogP contribution in [0.1, 0.15) is 30.3 Å². The van der Waals surface area contributed by atoms with Gasteiger partial charge in [0.1, 0.15) is 10.5 Å². The Kier molecular flexibility index (Phi) is 4.29. The van der Waals surface area contributed by atoms with Gasteiger partial charge in [-0.25, -0.2) is 4.79 Å². The van der Waals surface area contributed by atoms with Gasteiger partial charge in [-0.2, -0.15) is 13.9 Å². The number of rotatable bonds is 3. The molecule has 19 heavy (non-hydrogen) atoms. The third-order valence-corrected chi connectivity index (χ3v) is 3.75. The number of carbonyl (C=O) groups is 1. The van der Waals surface area contributed by atoms with E-state index in [1.807, 2.05) is 0 Å². The lowest BCUT2D eigenvalue weighted by atomic mass is 10.0. The lowest BCUT2D eigenvalue weighted by Crippen LogP contribution is -2.45. The number of carbonyl (C=O) groups excluding carboxylic acids is 1. The van der Waals surface area contributed by atoms with Crippen LogP contribution in [0.3, 0.4) is 0 Å². The fourth-order valence-electron chi connectivity index (χ4n) is 1.91. The number of likely N-dealkylation sites (tertiary alicyclic amines) is 1. The molecule has 0 aliphatic carbocycles. The van der Waals surface area contributed by atoms with Crippen molar-refractivity contribution in [1.82, 2.24) is 20.6 Å². The summed E-state index contributed by atoms with van der Waals surface area (Å²) in [6, 6.07) is -0.997. The summed E-state index contributed by atoms with van der Waals surface area (Å²) in [6.07, 6.45) is 2.45. The average Bonchev–Trinajstić information content (AvgIpc) is 2.89. The molecule has 0 aromatic carbocycles. The summed E-state index contributed by atoms with van der Waals surface area (Å²) in [7, 11) is -4.71. The highest BCUT2D eigenvalue weighted by Crippen LogP contribution is 2.31. The van der Waals surface area contributed by atoms with Crippen molar-refractivity contribution in [2.75, 3.05) is 6.54 Å². The molecule has 1 saturated heterocycles. The molecule has 2 rings (SSSR count). The molecule has 1 atom stereocenters. The second kappa shape index (κ2) is 5.77. The van der Waals surface area contributed by atoms with Gasteiger partial charge in [0.15, 0.2) is 0 Å². The van der Waals surface area contributed by atoms with Crippen molar-refractivity contribution in [1.29, 1.82) is 0 Å². The normalized spacial score (nSPS) is 20.3. The molecule has 11 heteroatoms. The fraction of sp³-hybridized carbons (Fsp3) is 0.625. The van der Waals surface area contributed by atoms with E-state index in [9.17, 15) is 13.2 Å². The second-order valence-electron chi connectivity index (χ2n) is 3.90. The van der Waals surface area contributed by atoms with Crippen LogP contribution in [-0.2, 0) is 14.7 Å². The molecule has 0 radical (unpaired) electrons. The molecule has 0 saturated carbocycles. The first-order valence-corrected chi connectivity index (χ1v) is 7.70. The van der Waals surface area contributed by atoms with Gasteiger partial charge in [0.05, 0.1) is 6.04 Å². The zero-order chi connectivity index (χ0) is 13.9. The molecule has 9 nitrogen and oxygen atoms in total. The van der Waals surface area contributed by atoms with Crippen LogP contribution in [0.15, 0.2) is 5.51 Å². The summed E-state index contributed by atoms with van der Waals surface area (Å²) in [6.45, 7) is 0.449. The van der Waals surface area contributed by atoms with Gasteiger partial charge in [-0.15, -0.1) is 25.8 Å². The van der Waals surface area contributed by atoms with Gasteiger partial charge in [0.2, 0.25) is 0 Å². The lowest BCUT2D eigenvalue weighted by molar-refractivity contribution is 0.107. The number of hydrogen-bond acceptors (Lipinski definition) is 7.